The SMILES string of the molecule is Cc1cc(C)c(C(=O)Nc2ccccc2)c(SCC(=O)c2ccc(Br)cc2)n1. The average molecular weight is 455 g/mol. The summed E-state index contributed by atoms with van der Waals surface area (Å²) in [6.07, 6.45) is 0. The fourth-order valence-corrected chi connectivity index (χ4v) is 4.06. The van der Waals surface area contributed by atoms with Gasteiger partial charge in [0.05, 0.1) is 11.3 Å². The number of hydrogen-bond donors (Lipinski definition) is 1. The second-order valence-electron chi connectivity index (χ2n) is 6.30. The molecule has 0 aliphatic carbocycles. The van der Waals surface area contributed by atoms with Crippen molar-refractivity contribution in [1.82, 2.24) is 4.98 Å². The topological polar surface area (TPSA) is 59.1 Å². The van der Waals surface area contributed by atoms with Crippen molar-refractivity contribution in [2.24, 2.45) is 0 Å². The van der Waals surface area contributed by atoms with Crippen LogP contribution in [0, 0.1) is 13.8 Å². The summed E-state index contributed by atoms with van der Waals surface area (Å²) in [7, 11) is 0. The van der Waals surface area contributed by atoms with Crippen LogP contribution in [0.5, 0.6) is 0 Å². The summed E-state index contributed by atoms with van der Waals surface area (Å²) in [5.41, 5.74) is 3.50. The molecule has 1 amide bonds. The molecule has 0 saturated carbocycles. The number of carbonyl (C=O) groups excluding carboxylic acids is 2. The molecule has 0 atom stereocenters. The van der Waals surface area contributed by atoms with Crippen molar-refractivity contribution in [2.45, 2.75) is 18.9 Å². The standard InChI is InChI=1S/C22H19BrN2O2S/c1-14-12-15(2)24-22(20(14)21(27)25-18-6-4-3-5-7-18)28-13-19(26)16-8-10-17(23)11-9-16/h3-12H,13H2,1-2H3,(H,25,27). The van der Waals surface area contributed by atoms with Gasteiger partial charge in [-0.05, 0) is 49.7 Å². The first-order valence-corrected chi connectivity index (χ1v) is 10.5. The molecule has 142 valence electrons. The van der Waals surface area contributed by atoms with Gasteiger partial charge in [0, 0.05) is 21.4 Å². The molecular formula is C22H19BrN2O2S. The number of ketones is 1. The summed E-state index contributed by atoms with van der Waals surface area (Å²) in [6, 6.07) is 18.4. The summed E-state index contributed by atoms with van der Waals surface area (Å²) in [5, 5.41) is 3.47. The van der Waals surface area contributed by atoms with Crippen LogP contribution in [-0.2, 0) is 0 Å². The Labute approximate surface area is 176 Å². The summed E-state index contributed by atoms with van der Waals surface area (Å²) in [5.74, 6) is -0.0222. The molecule has 0 saturated heterocycles. The van der Waals surface area contributed by atoms with Crippen LogP contribution in [0.1, 0.15) is 32.0 Å². The van der Waals surface area contributed by atoms with E-state index in [1.165, 1.54) is 11.8 Å². The van der Waals surface area contributed by atoms with Gasteiger partial charge in [-0.25, -0.2) is 4.98 Å². The van der Waals surface area contributed by atoms with Gasteiger partial charge in [0.15, 0.2) is 5.78 Å². The number of pyridine rings is 1. The van der Waals surface area contributed by atoms with Crippen molar-refractivity contribution < 1.29 is 9.59 Å². The molecule has 1 N–H and O–H groups in total. The minimum atomic E-state index is -0.227. The summed E-state index contributed by atoms with van der Waals surface area (Å²) in [4.78, 5) is 29.9. The van der Waals surface area contributed by atoms with Crippen molar-refractivity contribution in [3.05, 3.63) is 87.5 Å². The Balaban J connectivity index is 1.81. The number of carbonyl (C=O) groups is 2. The lowest BCUT2D eigenvalue weighted by atomic mass is 10.1. The van der Waals surface area contributed by atoms with E-state index in [0.717, 1.165) is 21.4 Å². The number of hydrogen-bond acceptors (Lipinski definition) is 4. The first-order valence-electron chi connectivity index (χ1n) is 8.70. The quantitative estimate of drug-likeness (QED) is 0.383. The van der Waals surface area contributed by atoms with E-state index in [9.17, 15) is 9.59 Å². The van der Waals surface area contributed by atoms with Gasteiger partial charge in [-0.1, -0.05) is 58.0 Å². The highest BCUT2D eigenvalue weighted by Crippen LogP contribution is 2.26. The number of thioether (sulfide) groups is 1. The number of aryl methyl sites for hydroxylation is 2. The largest absolute Gasteiger partial charge is 0.322 e. The van der Waals surface area contributed by atoms with Crippen LogP contribution >= 0.6 is 27.7 Å². The minimum absolute atomic E-state index is 0.00660. The summed E-state index contributed by atoms with van der Waals surface area (Å²) in [6.45, 7) is 3.77. The van der Waals surface area contributed by atoms with E-state index in [4.69, 9.17) is 0 Å². The Hall–Kier alpha value is -2.44. The number of rotatable bonds is 6. The number of benzene rings is 2. The lowest BCUT2D eigenvalue weighted by Gasteiger charge is -2.13. The van der Waals surface area contributed by atoms with Crippen LogP contribution in [0.25, 0.3) is 0 Å². The molecule has 28 heavy (non-hydrogen) atoms. The number of Topliss-reactive ketones (excluding diaryl/α,β-unsaturated/α-hetero) is 1. The van der Waals surface area contributed by atoms with Crippen LogP contribution in [0.2, 0.25) is 0 Å². The maximum atomic E-state index is 12.9. The van der Waals surface area contributed by atoms with E-state index in [-0.39, 0.29) is 17.4 Å². The Morgan fingerprint density at radius 2 is 1.71 bits per heavy atom. The van der Waals surface area contributed by atoms with Gasteiger partial charge in [0.1, 0.15) is 5.03 Å². The molecule has 0 spiro atoms. The predicted molar refractivity (Wildman–Crippen MR) is 117 cm³/mol. The number of nitrogens with one attached hydrogen (secondary N) is 1. The fraction of sp³-hybridized carbons (Fsp3) is 0.136. The minimum Gasteiger partial charge on any atom is -0.322 e. The maximum Gasteiger partial charge on any atom is 0.258 e. The molecule has 6 heteroatoms. The lowest BCUT2D eigenvalue weighted by Crippen LogP contribution is -2.16. The number of aromatic nitrogens is 1. The van der Waals surface area contributed by atoms with Gasteiger partial charge in [-0.3, -0.25) is 9.59 Å². The molecule has 2 aromatic carbocycles. The zero-order valence-electron chi connectivity index (χ0n) is 15.5. The molecule has 1 heterocycles. The molecule has 1 aromatic heterocycles. The van der Waals surface area contributed by atoms with Crippen LogP contribution < -0.4 is 5.32 Å². The van der Waals surface area contributed by atoms with Crippen molar-refractivity contribution in [1.29, 1.82) is 0 Å². The third kappa shape index (κ3) is 5.09. The van der Waals surface area contributed by atoms with Crippen molar-refractivity contribution in [3.63, 3.8) is 0 Å². The van der Waals surface area contributed by atoms with Crippen LogP contribution in [0.4, 0.5) is 5.69 Å². The Kier molecular flexibility index (Phi) is 6.65. The summed E-state index contributed by atoms with van der Waals surface area (Å²) < 4.78 is 0.924. The molecule has 0 aliphatic heterocycles. The highest BCUT2D eigenvalue weighted by molar-refractivity contribution is 9.10. The molecule has 0 aliphatic rings. The molecule has 3 aromatic rings. The van der Waals surface area contributed by atoms with Crippen LogP contribution in [0.3, 0.4) is 0 Å². The van der Waals surface area contributed by atoms with E-state index < -0.39 is 0 Å². The smallest absolute Gasteiger partial charge is 0.258 e. The normalized spacial score (nSPS) is 10.5. The average Bonchev–Trinajstić information content (AvgIpc) is 2.67. The van der Waals surface area contributed by atoms with Gasteiger partial charge < -0.3 is 5.32 Å². The van der Waals surface area contributed by atoms with Crippen LogP contribution in [0.15, 0.2) is 70.2 Å². The predicted octanol–water partition coefficient (Wildman–Crippen LogP) is 5.69. The van der Waals surface area contributed by atoms with Crippen molar-refractivity contribution >= 4 is 45.1 Å². The number of amides is 1. The Bertz CT molecular complexity index is 1010. The molecule has 0 unspecified atom stereocenters. The third-order valence-electron chi connectivity index (χ3n) is 4.08. The third-order valence-corrected chi connectivity index (χ3v) is 5.58. The molecule has 0 bridgehead atoms. The molecule has 0 fully saturated rings. The highest BCUT2D eigenvalue weighted by Gasteiger charge is 2.19. The molecular weight excluding hydrogens is 436 g/mol. The Morgan fingerprint density at radius 3 is 2.39 bits per heavy atom. The first kappa shape index (κ1) is 20.3. The number of anilines is 1. The fourth-order valence-electron chi connectivity index (χ4n) is 2.75. The lowest BCUT2D eigenvalue weighted by molar-refractivity contribution is 0.101. The summed E-state index contributed by atoms with van der Waals surface area (Å²) >= 11 is 4.66. The van der Waals surface area contributed by atoms with Gasteiger partial charge in [-0.2, -0.15) is 0 Å². The molecule has 3 rings (SSSR count). The van der Waals surface area contributed by atoms with Gasteiger partial charge in [0.2, 0.25) is 0 Å². The number of nitrogens with zero attached hydrogens (tertiary/aromatic N) is 1. The second-order valence-corrected chi connectivity index (χ2v) is 8.18. The van der Waals surface area contributed by atoms with E-state index in [2.05, 4.69) is 26.2 Å². The van der Waals surface area contributed by atoms with Gasteiger partial charge in [-0.15, -0.1) is 0 Å². The van der Waals surface area contributed by atoms with E-state index in [0.29, 0.717) is 16.2 Å². The number of para-hydroxylation sites is 1. The van der Waals surface area contributed by atoms with E-state index >= 15 is 0 Å². The van der Waals surface area contributed by atoms with Crippen molar-refractivity contribution in [2.75, 3.05) is 11.1 Å². The van der Waals surface area contributed by atoms with Gasteiger partial charge in [0.25, 0.3) is 5.91 Å². The zero-order valence-corrected chi connectivity index (χ0v) is 17.9. The van der Waals surface area contributed by atoms with Gasteiger partial charge >= 0.3 is 0 Å². The monoisotopic (exact) mass is 454 g/mol. The maximum absolute atomic E-state index is 12.9. The number of halogens is 1. The van der Waals surface area contributed by atoms with Crippen LogP contribution in [-0.4, -0.2) is 22.4 Å². The van der Waals surface area contributed by atoms with Crippen molar-refractivity contribution in [3.8, 4) is 0 Å². The highest BCUT2D eigenvalue weighted by atomic mass is 79.9. The Morgan fingerprint density at radius 1 is 1.04 bits per heavy atom. The van der Waals surface area contributed by atoms with E-state index in [1.807, 2.05) is 62.4 Å². The molecule has 4 nitrogen and oxygen atoms in total. The molecule has 0 radical (unpaired) electrons. The second kappa shape index (κ2) is 9.17. The van der Waals surface area contributed by atoms with E-state index in [1.54, 1.807) is 12.1 Å². The first-order chi connectivity index (χ1) is 13.4. The zero-order chi connectivity index (χ0) is 20.1.